The largest absolute Gasteiger partial charge is 0.478 e. The minimum absolute atomic E-state index is 0.298. The number of rotatable bonds is 2. The molecular formula is C16H20N2O2. The molecule has 0 saturated heterocycles. The molecule has 1 aromatic heterocycles. The summed E-state index contributed by atoms with van der Waals surface area (Å²) in [6, 6.07) is 5.88. The van der Waals surface area contributed by atoms with Crippen molar-refractivity contribution >= 4 is 17.0 Å². The summed E-state index contributed by atoms with van der Waals surface area (Å²) in [5.74, 6) is -0.904. The lowest BCUT2D eigenvalue weighted by Crippen LogP contribution is -2.10. The number of carbonyl (C=O) groups is 1. The lowest BCUT2D eigenvalue weighted by Gasteiger charge is -2.21. The van der Waals surface area contributed by atoms with E-state index in [0.717, 1.165) is 5.52 Å². The van der Waals surface area contributed by atoms with Gasteiger partial charge in [-0.25, -0.2) is 9.78 Å². The van der Waals surface area contributed by atoms with E-state index in [-0.39, 0.29) is 0 Å². The number of benzene rings is 1. The zero-order valence-corrected chi connectivity index (χ0v) is 11.6. The van der Waals surface area contributed by atoms with Crippen molar-refractivity contribution in [2.45, 2.75) is 51.0 Å². The van der Waals surface area contributed by atoms with Crippen LogP contribution in [0.3, 0.4) is 0 Å². The first-order valence-corrected chi connectivity index (χ1v) is 7.46. The van der Waals surface area contributed by atoms with Gasteiger partial charge in [-0.05, 0) is 25.0 Å². The summed E-state index contributed by atoms with van der Waals surface area (Å²) in [5.41, 5.74) is 1.87. The Kier molecular flexibility index (Phi) is 3.72. The van der Waals surface area contributed by atoms with Crippen LogP contribution in [0.5, 0.6) is 0 Å². The van der Waals surface area contributed by atoms with Crippen molar-refractivity contribution in [3.63, 3.8) is 0 Å². The lowest BCUT2D eigenvalue weighted by molar-refractivity contribution is 0.0699. The Bertz CT molecular complexity index is 610. The van der Waals surface area contributed by atoms with Gasteiger partial charge in [0.2, 0.25) is 0 Å². The molecule has 0 spiro atoms. The summed E-state index contributed by atoms with van der Waals surface area (Å²) in [6.07, 6.45) is 10.6. The predicted octanol–water partition coefficient (Wildman–Crippen LogP) is 4.02. The molecule has 0 radical (unpaired) electrons. The molecule has 1 aromatic carbocycles. The zero-order valence-electron chi connectivity index (χ0n) is 11.6. The van der Waals surface area contributed by atoms with Crippen LogP contribution in [0.4, 0.5) is 0 Å². The molecule has 20 heavy (non-hydrogen) atoms. The minimum atomic E-state index is -0.904. The number of para-hydroxylation sites is 1. The number of hydrogen-bond donors (Lipinski definition) is 1. The number of imidazole rings is 1. The Morgan fingerprint density at radius 3 is 2.55 bits per heavy atom. The van der Waals surface area contributed by atoms with Gasteiger partial charge in [0.05, 0.1) is 17.4 Å². The van der Waals surface area contributed by atoms with Crippen LogP contribution in [0.15, 0.2) is 24.5 Å². The van der Waals surface area contributed by atoms with Gasteiger partial charge in [0.1, 0.15) is 5.52 Å². The molecule has 3 rings (SSSR count). The molecule has 106 valence electrons. The van der Waals surface area contributed by atoms with Crippen LogP contribution < -0.4 is 0 Å². The van der Waals surface area contributed by atoms with Gasteiger partial charge >= 0.3 is 5.97 Å². The Labute approximate surface area is 118 Å². The van der Waals surface area contributed by atoms with E-state index in [0.29, 0.717) is 17.1 Å². The second-order valence-corrected chi connectivity index (χ2v) is 5.63. The third-order valence-corrected chi connectivity index (χ3v) is 4.30. The number of nitrogens with zero attached hydrogens (tertiary/aromatic N) is 2. The second kappa shape index (κ2) is 5.65. The zero-order chi connectivity index (χ0) is 13.9. The van der Waals surface area contributed by atoms with Crippen LogP contribution in [0.25, 0.3) is 11.0 Å². The normalized spacial score (nSPS) is 17.8. The molecular weight excluding hydrogens is 252 g/mol. The summed E-state index contributed by atoms with van der Waals surface area (Å²) >= 11 is 0. The predicted molar refractivity (Wildman–Crippen MR) is 78.0 cm³/mol. The van der Waals surface area contributed by atoms with Crippen LogP contribution >= 0.6 is 0 Å². The molecule has 4 nitrogen and oxygen atoms in total. The summed E-state index contributed by atoms with van der Waals surface area (Å²) in [7, 11) is 0. The van der Waals surface area contributed by atoms with Gasteiger partial charge in [0.25, 0.3) is 0 Å². The molecule has 0 unspecified atom stereocenters. The van der Waals surface area contributed by atoms with E-state index in [9.17, 15) is 9.90 Å². The molecule has 0 aliphatic heterocycles. The maximum absolute atomic E-state index is 11.3. The summed E-state index contributed by atoms with van der Waals surface area (Å²) < 4.78 is 2.19. The van der Waals surface area contributed by atoms with E-state index in [1.54, 1.807) is 6.07 Å². The van der Waals surface area contributed by atoms with Crippen molar-refractivity contribution in [3.8, 4) is 0 Å². The topological polar surface area (TPSA) is 55.1 Å². The fourth-order valence-corrected chi connectivity index (χ4v) is 3.23. The van der Waals surface area contributed by atoms with Crippen molar-refractivity contribution in [1.29, 1.82) is 0 Å². The summed E-state index contributed by atoms with van der Waals surface area (Å²) in [6.45, 7) is 0. The minimum Gasteiger partial charge on any atom is -0.478 e. The maximum atomic E-state index is 11.3. The van der Waals surface area contributed by atoms with Crippen molar-refractivity contribution in [2.24, 2.45) is 0 Å². The summed E-state index contributed by atoms with van der Waals surface area (Å²) in [5, 5.41) is 9.24. The summed E-state index contributed by atoms with van der Waals surface area (Å²) in [4.78, 5) is 15.6. The second-order valence-electron chi connectivity index (χ2n) is 5.63. The number of carboxylic acids is 1. The average molecular weight is 272 g/mol. The number of aromatic carboxylic acids is 1. The average Bonchev–Trinajstić information content (AvgIpc) is 2.82. The van der Waals surface area contributed by atoms with Gasteiger partial charge < -0.3 is 9.67 Å². The first kappa shape index (κ1) is 13.2. The van der Waals surface area contributed by atoms with Gasteiger partial charge in [0, 0.05) is 6.04 Å². The Hall–Kier alpha value is -1.84. The van der Waals surface area contributed by atoms with Crippen LogP contribution in [-0.4, -0.2) is 20.6 Å². The molecule has 2 aromatic rings. The first-order valence-electron chi connectivity index (χ1n) is 7.46. The van der Waals surface area contributed by atoms with Gasteiger partial charge in [0.15, 0.2) is 0 Å². The van der Waals surface area contributed by atoms with E-state index in [1.165, 1.54) is 44.9 Å². The fourth-order valence-electron chi connectivity index (χ4n) is 3.23. The molecule has 1 N–H and O–H groups in total. The van der Waals surface area contributed by atoms with E-state index in [1.807, 2.05) is 18.5 Å². The third-order valence-electron chi connectivity index (χ3n) is 4.30. The van der Waals surface area contributed by atoms with E-state index < -0.39 is 5.97 Å². The highest BCUT2D eigenvalue weighted by atomic mass is 16.4. The SMILES string of the molecule is O=C(O)c1cccc2c1ncn2C1CCCCCCC1. The number of hydrogen-bond acceptors (Lipinski definition) is 2. The van der Waals surface area contributed by atoms with Crippen molar-refractivity contribution in [2.75, 3.05) is 0 Å². The molecule has 1 saturated carbocycles. The van der Waals surface area contributed by atoms with E-state index in [2.05, 4.69) is 9.55 Å². The third kappa shape index (κ3) is 2.42. The molecule has 0 atom stereocenters. The lowest BCUT2D eigenvalue weighted by atomic mass is 9.96. The molecule has 4 heteroatoms. The fraction of sp³-hybridized carbons (Fsp3) is 0.500. The smallest absolute Gasteiger partial charge is 0.337 e. The van der Waals surface area contributed by atoms with Gasteiger partial charge in [-0.3, -0.25) is 0 Å². The molecule has 0 amide bonds. The Morgan fingerprint density at radius 2 is 1.85 bits per heavy atom. The van der Waals surface area contributed by atoms with Gasteiger partial charge in [-0.2, -0.15) is 0 Å². The highest BCUT2D eigenvalue weighted by Gasteiger charge is 2.18. The number of carboxylic acid groups (broad SMARTS) is 1. The Morgan fingerprint density at radius 1 is 1.15 bits per heavy atom. The van der Waals surface area contributed by atoms with E-state index >= 15 is 0 Å². The molecule has 1 fully saturated rings. The molecule has 1 aliphatic carbocycles. The van der Waals surface area contributed by atoms with E-state index in [4.69, 9.17) is 0 Å². The molecule has 0 bridgehead atoms. The number of aromatic nitrogens is 2. The highest BCUT2D eigenvalue weighted by Crippen LogP contribution is 2.30. The van der Waals surface area contributed by atoms with Gasteiger partial charge in [-0.15, -0.1) is 0 Å². The first-order chi connectivity index (χ1) is 9.77. The van der Waals surface area contributed by atoms with Crippen molar-refractivity contribution < 1.29 is 9.90 Å². The van der Waals surface area contributed by atoms with Crippen molar-refractivity contribution in [3.05, 3.63) is 30.1 Å². The highest BCUT2D eigenvalue weighted by molar-refractivity contribution is 6.00. The van der Waals surface area contributed by atoms with Crippen LogP contribution in [0.1, 0.15) is 61.3 Å². The monoisotopic (exact) mass is 272 g/mol. The number of fused-ring (bicyclic) bond motifs is 1. The van der Waals surface area contributed by atoms with Gasteiger partial charge in [-0.1, -0.05) is 38.2 Å². The molecule has 1 heterocycles. The van der Waals surface area contributed by atoms with Crippen LogP contribution in [0.2, 0.25) is 0 Å². The van der Waals surface area contributed by atoms with Crippen molar-refractivity contribution in [1.82, 2.24) is 9.55 Å². The molecule has 1 aliphatic rings. The maximum Gasteiger partial charge on any atom is 0.337 e. The quantitative estimate of drug-likeness (QED) is 0.898. The van der Waals surface area contributed by atoms with Crippen LogP contribution in [0, 0.1) is 0 Å². The van der Waals surface area contributed by atoms with Crippen LogP contribution in [-0.2, 0) is 0 Å². The Balaban J connectivity index is 1.99. The standard InChI is InChI=1S/C16H20N2O2/c19-16(20)13-9-6-10-14-15(13)17-11-18(14)12-7-4-2-1-3-5-8-12/h6,9-12H,1-5,7-8H2,(H,19,20).